The molecule has 1 aromatic heterocycles. The number of carbonyl (C=O) groups is 2. The highest BCUT2D eigenvalue weighted by Crippen LogP contribution is 2.13. The largest absolute Gasteiger partial charge is 0.350 e. The molecule has 28 heavy (non-hydrogen) atoms. The van der Waals surface area contributed by atoms with Crippen molar-refractivity contribution in [1.82, 2.24) is 10.6 Å². The monoisotopic (exact) mass is 390 g/mol. The predicted molar refractivity (Wildman–Crippen MR) is 114 cm³/mol. The SMILES string of the molecule is Cc1cccc(C(=O)N/C(=C\c2cccs2)C(=O)NCCc2ccccc2)c1. The van der Waals surface area contributed by atoms with Gasteiger partial charge < -0.3 is 10.6 Å². The van der Waals surface area contributed by atoms with Crippen molar-refractivity contribution in [2.75, 3.05) is 6.54 Å². The van der Waals surface area contributed by atoms with Crippen LogP contribution in [0.5, 0.6) is 0 Å². The summed E-state index contributed by atoms with van der Waals surface area (Å²) in [5.74, 6) is -0.602. The minimum absolute atomic E-state index is 0.238. The maximum absolute atomic E-state index is 12.7. The highest BCUT2D eigenvalue weighted by atomic mass is 32.1. The van der Waals surface area contributed by atoms with Gasteiger partial charge in [-0.1, -0.05) is 54.1 Å². The number of nitrogens with one attached hydrogen (secondary N) is 2. The van der Waals surface area contributed by atoms with E-state index in [0.717, 1.165) is 22.4 Å². The van der Waals surface area contributed by atoms with Gasteiger partial charge in [0.15, 0.2) is 0 Å². The molecular formula is C23H22N2O2S. The summed E-state index contributed by atoms with van der Waals surface area (Å²) in [5.41, 5.74) is 2.90. The number of aryl methyl sites for hydroxylation is 1. The van der Waals surface area contributed by atoms with Gasteiger partial charge in [0.2, 0.25) is 0 Å². The van der Waals surface area contributed by atoms with E-state index in [1.54, 1.807) is 18.2 Å². The highest BCUT2D eigenvalue weighted by molar-refractivity contribution is 7.10. The summed E-state index contributed by atoms with van der Waals surface area (Å²) in [7, 11) is 0. The summed E-state index contributed by atoms with van der Waals surface area (Å²) in [6, 6.07) is 21.0. The quantitative estimate of drug-likeness (QED) is 0.595. The van der Waals surface area contributed by atoms with Crippen molar-refractivity contribution in [2.24, 2.45) is 0 Å². The van der Waals surface area contributed by atoms with Gasteiger partial charge in [-0.2, -0.15) is 0 Å². The summed E-state index contributed by atoms with van der Waals surface area (Å²) < 4.78 is 0. The molecule has 0 spiro atoms. The number of rotatable bonds is 7. The first-order valence-electron chi connectivity index (χ1n) is 9.07. The molecule has 0 radical (unpaired) electrons. The molecule has 2 aromatic carbocycles. The normalized spacial score (nSPS) is 11.1. The zero-order chi connectivity index (χ0) is 19.8. The van der Waals surface area contributed by atoms with E-state index in [4.69, 9.17) is 0 Å². The highest BCUT2D eigenvalue weighted by Gasteiger charge is 2.15. The summed E-state index contributed by atoms with van der Waals surface area (Å²) in [5, 5.41) is 7.59. The summed E-state index contributed by atoms with van der Waals surface area (Å²) >= 11 is 1.51. The van der Waals surface area contributed by atoms with E-state index in [0.29, 0.717) is 12.1 Å². The van der Waals surface area contributed by atoms with Crippen molar-refractivity contribution < 1.29 is 9.59 Å². The fourth-order valence-electron chi connectivity index (χ4n) is 2.72. The van der Waals surface area contributed by atoms with Gasteiger partial charge in [0, 0.05) is 17.0 Å². The lowest BCUT2D eigenvalue weighted by Crippen LogP contribution is -2.35. The molecule has 0 fully saturated rings. The van der Waals surface area contributed by atoms with Crippen LogP contribution in [0, 0.1) is 6.92 Å². The molecule has 3 aromatic rings. The van der Waals surface area contributed by atoms with E-state index in [1.165, 1.54) is 11.3 Å². The van der Waals surface area contributed by atoms with Crippen LogP contribution in [0.2, 0.25) is 0 Å². The van der Waals surface area contributed by atoms with E-state index in [-0.39, 0.29) is 17.5 Å². The molecular weight excluding hydrogens is 368 g/mol. The first kappa shape index (κ1) is 19.6. The van der Waals surface area contributed by atoms with Crippen molar-refractivity contribution in [2.45, 2.75) is 13.3 Å². The van der Waals surface area contributed by atoms with E-state index < -0.39 is 0 Å². The van der Waals surface area contributed by atoms with Crippen LogP contribution < -0.4 is 10.6 Å². The van der Waals surface area contributed by atoms with Gasteiger partial charge in [0.05, 0.1) is 0 Å². The molecule has 2 N–H and O–H groups in total. The van der Waals surface area contributed by atoms with Crippen LogP contribution in [0.4, 0.5) is 0 Å². The average molecular weight is 391 g/mol. The molecule has 0 aliphatic rings. The molecule has 5 heteroatoms. The first-order valence-corrected chi connectivity index (χ1v) is 9.95. The maximum atomic E-state index is 12.7. The summed E-state index contributed by atoms with van der Waals surface area (Å²) in [4.78, 5) is 26.2. The fraction of sp³-hybridized carbons (Fsp3) is 0.130. The lowest BCUT2D eigenvalue weighted by molar-refractivity contribution is -0.117. The van der Waals surface area contributed by atoms with Gasteiger partial charge in [-0.15, -0.1) is 11.3 Å². The van der Waals surface area contributed by atoms with Crippen LogP contribution in [0.25, 0.3) is 6.08 Å². The minimum atomic E-state index is -0.301. The topological polar surface area (TPSA) is 58.2 Å². The molecule has 0 saturated carbocycles. The molecule has 1 heterocycles. The Hall–Kier alpha value is -3.18. The second-order valence-corrected chi connectivity index (χ2v) is 7.37. The molecule has 0 atom stereocenters. The van der Waals surface area contributed by atoms with E-state index in [9.17, 15) is 9.59 Å². The third-order valence-corrected chi connectivity index (χ3v) is 4.96. The molecule has 0 bridgehead atoms. The van der Waals surface area contributed by atoms with E-state index in [1.807, 2.05) is 66.9 Å². The van der Waals surface area contributed by atoms with Crippen LogP contribution >= 0.6 is 11.3 Å². The molecule has 4 nitrogen and oxygen atoms in total. The number of amides is 2. The van der Waals surface area contributed by atoms with Gasteiger partial charge in [0.25, 0.3) is 11.8 Å². The predicted octanol–water partition coefficient (Wildman–Crippen LogP) is 4.19. The number of hydrogen-bond donors (Lipinski definition) is 2. The summed E-state index contributed by atoms with van der Waals surface area (Å²) in [6.07, 6.45) is 2.43. The third kappa shape index (κ3) is 5.66. The fourth-order valence-corrected chi connectivity index (χ4v) is 3.37. The Morgan fingerprint density at radius 1 is 1.00 bits per heavy atom. The van der Waals surface area contributed by atoms with Crippen LogP contribution in [-0.2, 0) is 11.2 Å². The number of thiophene rings is 1. The Balaban J connectivity index is 1.69. The Morgan fingerprint density at radius 2 is 1.82 bits per heavy atom. The van der Waals surface area contributed by atoms with Crippen molar-refractivity contribution in [1.29, 1.82) is 0 Å². The number of benzene rings is 2. The molecule has 0 saturated heterocycles. The Labute approximate surface area is 168 Å². The van der Waals surface area contributed by atoms with Gasteiger partial charge in [-0.25, -0.2) is 0 Å². The van der Waals surface area contributed by atoms with Crippen molar-refractivity contribution >= 4 is 29.2 Å². The van der Waals surface area contributed by atoms with Gasteiger partial charge >= 0.3 is 0 Å². The number of hydrogen-bond acceptors (Lipinski definition) is 3. The van der Waals surface area contributed by atoms with Crippen LogP contribution in [0.1, 0.15) is 26.4 Å². The van der Waals surface area contributed by atoms with Crippen molar-refractivity contribution in [3.63, 3.8) is 0 Å². The third-order valence-electron chi connectivity index (χ3n) is 4.14. The van der Waals surface area contributed by atoms with Gasteiger partial charge in [-0.05, 0) is 48.6 Å². The molecule has 3 rings (SSSR count). The average Bonchev–Trinajstić information content (AvgIpc) is 3.21. The smallest absolute Gasteiger partial charge is 0.267 e. The van der Waals surface area contributed by atoms with Gasteiger partial charge in [0.1, 0.15) is 5.70 Å². The maximum Gasteiger partial charge on any atom is 0.267 e. The van der Waals surface area contributed by atoms with Crippen molar-refractivity contribution in [3.8, 4) is 0 Å². The van der Waals surface area contributed by atoms with E-state index >= 15 is 0 Å². The first-order chi connectivity index (χ1) is 13.6. The number of carbonyl (C=O) groups excluding carboxylic acids is 2. The molecule has 142 valence electrons. The van der Waals surface area contributed by atoms with Gasteiger partial charge in [-0.3, -0.25) is 9.59 Å². The second-order valence-electron chi connectivity index (χ2n) is 6.39. The Bertz CT molecular complexity index is 963. The Morgan fingerprint density at radius 3 is 2.54 bits per heavy atom. The van der Waals surface area contributed by atoms with E-state index in [2.05, 4.69) is 10.6 Å². The van der Waals surface area contributed by atoms with Crippen LogP contribution in [-0.4, -0.2) is 18.4 Å². The van der Waals surface area contributed by atoms with Crippen molar-refractivity contribution in [3.05, 3.63) is 99.4 Å². The second kappa shape index (κ2) is 9.67. The molecule has 0 unspecified atom stereocenters. The minimum Gasteiger partial charge on any atom is -0.350 e. The molecule has 0 aliphatic heterocycles. The zero-order valence-corrected chi connectivity index (χ0v) is 16.5. The standard InChI is InChI=1S/C23H22N2O2S/c1-17-7-5-10-19(15-17)22(26)25-21(16-20-11-6-14-28-20)23(27)24-13-12-18-8-3-2-4-9-18/h2-11,14-16H,12-13H2,1H3,(H,24,27)(H,25,26)/b21-16-. The zero-order valence-electron chi connectivity index (χ0n) is 15.6. The lowest BCUT2D eigenvalue weighted by atomic mass is 10.1. The molecule has 2 amide bonds. The Kier molecular flexibility index (Phi) is 6.76. The summed E-state index contributed by atoms with van der Waals surface area (Å²) in [6.45, 7) is 2.42. The molecule has 0 aliphatic carbocycles. The van der Waals surface area contributed by atoms with Crippen LogP contribution in [0.15, 0.2) is 77.8 Å². The van der Waals surface area contributed by atoms with Crippen LogP contribution in [0.3, 0.4) is 0 Å². The lowest BCUT2D eigenvalue weighted by Gasteiger charge is -2.11.